The van der Waals surface area contributed by atoms with E-state index in [1.165, 1.54) is 24.1 Å². The highest BCUT2D eigenvalue weighted by Crippen LogP contribution is 2.23. The maximum absolute atomic E-state index is 4.08. The highest BCUT2D eigenvalue weighted by molar-refractivity contribution is 5.79. The van der Waals surface area contributed by atoms with Gasteiger partial charge in [0, 0.05) is 25.5 Å². The molecule has 0 radical (unpaired) electrons. The molecule has 1 aliphatic rings. The van der Waals surface area contributed by atoms with E-state index in [0.29, 0.717) is 0 Å². The lowest BCUT2D eigenvalue weighted by molar-refractivity contribution is 0.409. The molecule has 0 amide bonds. The van der Waals surface area contributed by atoms with Crippen molar-refractivity contribution in [3.8, 4) is 0 Å². The summed E-state index contributed by atoms with van der Waals surface area (Å²) in [6, 6.07) is 0. The normalized spacial score (nSPS) is 18.5. The lowest BCUT2D eigenvalue weighted by atomic mass is 10.0. The van der Waals surface area contributed by atoms with Gasteiger partial charge in [0.2, 0.25) is 0 Å². The summed E-state index contributed by atoms with van der Waals surface area (Å²) in [4.78, 5) is 6.32. The van der Waals surface area contributed by atoms with Gasteiger partial charge in [0.15, 0.2) is 0 Å². The Kier molecular flexibility index (Phi) is 3.29. The van der Waals surface area contributed by atoms with Gasteiger partial charge >= 0.3 is 0 Å². The van der Waals surface area contributed by atoms with Gasteiger partial charge in [0.1, 0.15) is 0 Å². The van der Waals surface area contributed by atoms with Crippen molar-refractivity contribution >= 4 is 6.21 Å². The third-order valence-electron chi connectivity index (χ3n) is 2.37. The van der Waals surface area contributed by atoms with Crippen molar-refractivity contribution in [2.45, 2.75) is 26.7 Å². The molecule has 0 unspecified atom stereocenters. The quantitative estimate of drug-likeness (QED) is 0.593. The van der Waals surface area contributed by atoms with Gasteiger partial charge < -0.3 is 4.90 Å². The van der Waals surface area contributed by atoms with Crippen molar-refractivity contribution in [2.75, 3.05) is 13.6 Å². The lowest BCUT2D eigenvalue weighted by Gasteiger charge is -2.31. The minimum absolute atomic E-state index is 1.08. The first-order chi connectivity index (χ1) is 6.16. The molecule has 0 aliphatic carbocycles. The van der Waals surface area contributed by atoms with Crippen LogP contribution in [-0.2, 0) is 0 Å². The molecule has 2 nitrogen and oxygen atoms in total. The Morgan fingerprint density at radius 2 is 2.31 bits per heavy atom. The van der Waals surface area contributed by atoms with E-state index in [-0.39, 0.29) is 0 Å². The summed E-state index contributed by atoms with van der Waals surface area (Å²) in [7, 11) is 1.81. The molecule has 13 heavy (non-hydrogen) atoms. The molecule has 1 heterocycles. The average Bonchev–Trinajstić information content (AvgIpc) is 2.08. The highest BCUT2D eigenvalue weighted by atomic mass is 15.2. The fraction of sp³-hybridized carbons (Fsp3) is 0.545. The first kappa shape index (κ1) is 10.0. The Bertz CT molecular complexity index is 261. The van der Waals surface area contributed by atoms with Crippen molar-refractivity contribution in [2.24, 2.45) is 4.99 Å². The largest absolute Gasteiger partial charge is 0.345 e. The van der Waals surface area contributed by atoms with Crippen LogP contribution in [0, 0.1) is 0 Å². The SMILES string of the molecule is C=C(C)N1CCCC(C)=C1C=NC. The summed E-state index contributed by atoms with van der Waals surface area (Å²) in [5, 5.41) is 0. The lowest BCUT2D eigenvalue weighted by Crippen LogP contribution is -2.27. The topological polar surface area (TPSA) is 15.6 Å². The maximum atomic E-state index is 4.08. The van der Waals surface area contributed by atoms with Crippen LogP contribution in [0.1, 0.15) is 26.7 Å². The van der Waals surface area contributed by atoms with Crippen molar-refractivity contribution in [3.05, 3.63) is 23.5 Å². The molecule has 72 valence electrons. The molecule has 0 atom stereocenters. The zero-order valence-electron chi connectivity index (χ0n) is 8.80. The number of nitrogens with zero attached hydrogens (tertiary/aromatic N) is 2. The Morgan fingerprint density at radius 3 is 2.85 bits per heavy atom. The first-order valence-corrected chi connectivity index (χ1v) is 4.71. The Labute approximate surface area is 80.7 Å². The molecule has 0 N–H and O–H groups in total. The summed E-state index contributed by atoms with van der Waals surface area (Å²) in [5.74, 6) is 0. The van der Waals surface area contributed by atoms with Gasteiger partial charge in [-0.15, -0.1) is 0 Å². The number of hydrogen-bond donors (Lipinski definition) is 0. The van der Waals surface area contributed by atoms with Crippen LogP contribution in [0.2, 0.25) is 0 Å². The third-order valence-corrected chi connectivity index (χ3v) is 2.37. The van der Waals surface area contributed by atoms with E-state index in [4.69, 9.17) is 0 Å². The molecule has 2 heteroatoms. The number of hydrogen-bond acceptors (Lipinski definition) is 2. The summed E-state index contributed by atoms with van der Waals surface area (Å²) in [6.07, 6.45) is 4.34. The molecule has 0 spiro atoms. The minimum Gasteiger partial charge on any atom is -0.345 e. The van der Waals surface area contributed by atoms with Crippen molar-refractivity contribution in [3.63, 3.8) is 0 Å². The maximum Gasteiger partial charge on any atom is 0.0578 e. The number of allylic oxidation sites excluding steroid dienone is 3. The second kappa shape index (κ2) is 4.26. The third kappa shape index (κ3) is 2.20. The predicted octanol–water partition coefficient (Wildman–Crippen LogP) is 2.59. The van der Waals surface area contributed by atoms with E-state index in [0.717, 1.165) is 12.2 Å². The van der Waals surface area contributed by atoms with Crippen LogP contribution >= 0.6 is 0 Å². The van der Waals surface area contributed by atoms with Crippen LogP contribution in [0.25, 0.3) is 0 Å². The Morgan fingerprint density at radius 1 is 1.62 bits per heavy atom. The summed E-state index contributed by atoms with van der Waals surface area (Å²) < 4.78 is 0. The zero-order chi connectivity index (χ0) is 9.84. The van der Waals surface area contributed by atoms with Crippen LogP contribution < -0.4 is 0 Å². The van der Waals surface area contributed by atoms with E-state index in [2.05, 4.69) is 23.4 Å². The van der Waals surface area contributed by atoms with Gasteiger partial charge in [-0.3, -0.25) is 4.99 Å². The van der Waals surface area contributed by atoms with Crippen LogP contribution in [0.3, 0.4) is 0 Å². The number of rotatable bonds is 2. The van der Waals surface area contributed by atoms with Crippen LogP contribution in [-0.4, -0.2) is 24.7 Å². The van der Waals surface area contributed by atoms with Gasteiger partial charge in [-0.25, -0.2) is 0 Å². The van der Waals surface area contributed by atoms with Crippen molar-refractivity contribution < 1.29 is 0 Å². The Hall–Kier alpha value is -1.05. The van der Waals surface area contributed by atoms with Gasteiger partial charge in [-0.2, -0.15) is 0 Å². The van der Waals surface area contributed by atoms with E-state index >= 15 is 0 Å². The summed E-state index contributed by atoms with van der Waals surface area (Å²) in [6.45, 7) is 9.27. The average molecular weight is 178 g/mol. The second-order valence-electron chi connectivity index (χ2n) is 3.54. The molecule has 1 aliphatic heterocycles. The van der Waals surface area contributed by atoms with Crippen LogP contribution in [0.4, 0.5) is 0 Å². The fourth-order valence-electron chi connectivity index (χ4n) is 1.68. The first-order valence-electron chi connectivity index (χ1n) is 4.71. The van der Waals surface area contributed by atoms with Gasteiger partial charge in [-0.1, -0.05) is 6.58 Å². The minimum atomic E-state index is 1.08. The monoisotopic (exact) mass is 178 g/mol. The molecule has 0 aromatic rings. The van der Waals surface area contributed by atoms with Gasteiger partial charge in [0.05, 0.1) is 5.70 Å². The smallest absolute Gasteiger partial charge is 0.0578 e. The van der Waals surface area contributed by atoms with Crippen molar-refractivity contribution in [1.29, 1.82) is 0 Å². The molecule has 0 bridgehead atoms. The van der Waals surface area contributed by atoms with E-state index < -0.39 is 0 Å². The second-order valence-corrected chi connectivity index (χ2v) is 3.54. The summed E-state index contributed by atoms with van der Waals surface area (Å²) in [5.41, 5.74) is 3.76. The van der Waals surface area contributed by atoms with E-state index in [1.807, 2.05) is 20.2 Å². The summed E-state index contributed by atoms with van der Waals surface area (Å²) >= 11 is 0. The zero-order valence-corrected chi connectivity index (χ0v) is 8.80. The molecule has 0 aromatic heterocycles. The standard InChI is InChI=1S/C11H18N2/c1-9(2)13-7-5-6-10(3)11(13)8-12-4/h8H,1,5-7H2,2-4H3. The Balaban J connectivity index is 2.96. The van der Waals surface area contributed by atoms with Gasteiger partial charge in [-0.05, 0) is 32.3 Å². The van der Waals surface area contributed by atoms with Gasteiger partial charge in [0.25, 0.3) is 0 Å². The highest BCUT2D eigenvalue weighted by Gasteiger charge is 2.15. The molecular weight excluding hydrogens is 160 g/mol. The van der Waals surface area contributed by atoms with Crippen LogP contribution in [0.15, 0.2) is 28.5 Å². The van der Waals surface area contributed by atoms with Crippen molar-refractivity contribution in [1.82, 2.24) is 4.90 Å². The number of aliphatic imine (C=N–C) groups is 1. The van der Waals surface area contributed by atoms with E-state index in [9.17, 15) is 0 Å². The van der Waals surface area contributed by atoms with Crippen LogP contribution in [0.5, 0.6) is 0 Å². The molecule has 0 fully saturated rings. The fourth-order valence-corrected chi connectivity index (χ4v) is 1.68. The molecule has 0 aromatic carbocycles. The predicted molar refractivity (Wildman–Crippen MR) is 57.9 cm³/mol. The van der Waals surface area contributed by atoms with E-state index in [1.54, 1.807) is 0 Å². The molecule has 0 saturated carbocycles. The molecule has 0 saturated heterocycles. The molecule has 1 rings (SSSR count). The molecular formula is C11H18N2.